The molecule has 5 aromatic rings. The van der Waals surface area contributed by atoms with Crippen LogP contribution in [0.4, 0.5) is 13.2 Å². The molecule has 12 nitrogen and oxygen atoms in total. The fourth-order valence-electron chi connectivity index (χ4n) is 4.59. The third-order valence-corrected chi connectivity index (χ3v) is 6.52. The van der Waals surface area contributed by atoms with Gasteiger partial charge in [-0.25, -0.2) is 22.5 Å². The highest BCUT2D eigenvalue weighted by Gasteiger charge is 2.47. The molecule has 4 N–H and O–H groups in total. The molecule has 6 rings (SSSR count). The summed E-state index contributed by atoms with van der Waals surface area (Å²) in [6.07, 6.45) is -1.00. The summed E-state index contributed by atoms with van der Waals surface area (Å²) < 4.78 is 49.1. The number of hydrogen-bond donors (Lipinski definition) is 4. The topological polar surface area (TPSA) is 160 Å². The van der Waals surface area contributed by atoms with E-state index in [9.17, 15) is 28.5 Å². The molecule has 0 unspecified atom stereocenters. The van der Waals surface area contributed by atoms with Crippen LogP contribution in [-0.2, 0) is 4.74 Å². The second kappa shape index (κ2) is 9.29. The molecule has 1 fully saturated rings. The van der Waals surface area contributed by atoms with Gasteiger partial charge >= 0.3 is 0 Å². The SMILES string of the molecule is OC[C@H]1O[C@@H](n2nncc2-c2ccc3cn[nH]c3c2)[C@H](O)[C@@H](n2cc(-c3cc(F)c(F)c(F)c3)nn2)[C@H]1O. The molecule has 4 heterocycles. The number of H-pyrrole nitrogens is 1. The van der Waals surface area contributed by atoms with Gasteiger partial charge in [-0.3, -0.25) is 5.10 Å². The van der Waals surface area contributed by atoms with Gasteiger partial charge in [0, 0.05) is 16.5 Å². The largest absolute Gasteiger partial charge is 0.394 e. The Hall–Kier alpha value is -4.18. The van der Waals surface area contributed by atoms with Gasteiger partial charge in [0.05, 0.1) is 36.4 Å². The van der Waals surface area contributed by atoms with Gasteiger partial charge in [0.1, 0.15) is 30.0 Å². The number of nitrogens with zero attached hydrogens (tertiary/aromatic N) is 7. The molecular weight excluding hydrogens is 509 g/mol. The van der Waals surface area contributed by atoms with Crippen LogP contribution in [0.1, 0.15) is 12.3 Å². The van der Waals surface area contributed by atoms with Gasteiger partial charge in [-0.05, 0) is 18.2 Å². The van der Waals surface area contributed by atoms with Gasteiger partial charge in [0.15, 0.2) is 23.7 Å². The first-order valence-electron chi connectivity index (χ1n) is 11.4. The van der Waals surface area contributed by atoms with Gasteiger partial charge in [0.2, 0.25) is 0 Å². The molecule has 0 radical (unpaired) electrons. The molecule has 196 valence electrons. The number of aliphatic hydroxyl groups excluding tert-OH is 3. The molecule has 1 aliphatic heterocycles. The summed E-state index contributed by atoms with van der Waals surface area (Å²) in [5, 5.41) is 55.6. The Morgan fingerprint density at radius 1 is 0.974 bits per heavy atom. The lowest BCUT2D eigenvalue weighted by atomic mass is 9.95. The minimum atomic E-state index is -1.62. The smallest absolute Gasteiger partial charge is 0.194 e. The van der Waals surface area contributed by atoms with Gasteiger partial charge < -0.3 is 20.1 Å². The van der Waals surface area contributed by atoms with E-state index >= 15 is 0 Å². The van der Waals surface area contributed by atoms with E-state index in [-0.39, 0.29) is 11.3 Å². The van der Waals surface area contributed by atoms with Crippen LogP contribution in [0.3, 0.4) is 0 Å². The summed E-state index contributed by atoms with van der Waals surface area (Å²) in [5.41, 5.74) is 1.75. The second-order valence-electron chi connectivity index (χ2n) is 8.79. The Morgan fingerprint density at radius 3 is 2.53 bits per heavy atom. The summed E-state index contributed by atoms with van der Waals surface area (Å²) in [4.78, 5) is 0. The van der Waals surface area contributed by atoms with Crippen molar-refractivity contribution >= 4 is 10.9 Å². The van der Waals surface area contributed by atoms with Crippen molar-refractivity contribution in [3.8, 4) is 22.5 Å². The summed E-state index contributed by atoms with van der Waals surface area (Å²) in [6.45, 7) is -0.610. The number of halogens is 3. The molecule has 0 spiro atoms. The summed E-state index contributed by atoms with van der Waals surface area (Å²) in [5.74, 6) is -4.44. The monoisotopic (exact) mass is 528 g/mol. The molecule has 0 amide bonds. The zero-order valence-corrected chi connectivity index (χ0v) is 19.2. The Kier molecular flexibility index (Phi) is 5.91. The maximum atomic E-state index is 13.7. The number of aromatic nitrogens is 8. The minimum Gasteiger partial charge on any atom is -0.394 e. The molecule has 38 heavy (non-hydrogen) atoms. The van der Waals surface area contributed by atoms with E-state index in [1.165, 1.54) is 17.1 Å². The standard InChI is InChI=1S/C23H19F3N8O4/c24-13-3-12(4-14(25)19(13)26)16-8-33(32-30-16)20-21(36)18(9-35)38-23(22(20)37)34-17(7-28-31-34)10-1-2-11-6-27-29-15(11)5-10/h1-8,18,20-23,35-37H,9H2,(H,27,29)/t18-,20+,21+,22-,23-/m1/s1. The van der Waals surface area contributed by atoms with Crippen molar-refractivity contribution in [3.63, 3.8) is 0 Å². The molecule has 3 aromatic heterocycles. The van der Waals surface area contributed by atoms with Crippen LogP contribution >= 0.6 is 0 Å². The highest BCUT2D eigenvalue weighted by Crippen LogP contribution is 2.37. The Labute approximate surface area is 210 Å². The first-order valence-corrected chi connectivity index (χ1v) is 11.4. The average Bonchev–Trinajstić information content (AvgIpc) is 3.68. The zero-order chi connectivity index (χ0) is 26.6. The molecule has 1 aliphatic rings. The van der Waals surface area contributed by atoms with E-state index in [1.807, 2.05) is 18.2 Å². The Balaban J connectivity index is 1.36. The molecule has 5 atom stereocenters. The van der Waals surface area contributed by atoms with Crippen molar-refractivity contribution in [2.75, 3.05) is 6.61 Å². The van der Waals surface area contributed by atoms with Crippen LogP contribution < -0.4 is 0 Å². The van der Waals surface area contributed by atoms with Crippen molar-refractivity contribution < 1.29 is 33.2 Å². The summed E-state index contributed by atoms with van der Waals surface area (Å²) >= 11 is 0. The van der Waals surface area contributed by atoms with E-state index in [4.69, 9.17) is 4.74 Å². The lowest BCUT2D eigenvalue weighted by molar-refractivity contribution is -0.233. The van der Waals surface area contributed by atoms with Crippen molar-refractivity contribution in [1.82, 2.24) is 40.2 Å². The maximum Gasteiger partial charge on any atom is 0.194 e. The van der Waals surface area contributed by atoms with Crippen LogP contribution in [0.15, 0.2) is 48.9 Å². The third kappa shape index (κ3) is 3.92. The fourth-order valence-corrected chi connectivity index (χ4v) is 4.59. The van der Waals surface area contributed by atoms with Crippen LogP contribution in [0.2, 0.25) is 0 Å². The number of ether oxygens (including phenoxy) is 1. The second-order valence-corrected chi connectivity index (χ2v) is 8.79. The summed E-state index contributed by atoms with van der Waals surface area (Å²) in [7, 11) is 0. The number of nitrogens with one attached hydrogen (secondary N) is 1. The Bertz CT molecular complexity index is 1600. The van der Waals surface area contributed by atoms with Gasteiger partial charge in [-0.1, -0.05) is 22.6 Å². The van der Waals surface area contributed by atoms with E-state index in [1.54, 1.807) is 6.20 Å². The van der Waals surface area contributed by atoms with Crippen LogP contribution in [0.25, 0.3) is 33.4 Å². The first-order chi connectivity index (χ1) is 18.4. The van der Waals surface area contributed by atoms with Gasteiger partial charge in [-0.15, -0.1) is 10.2 Å². The van der Waals surface area contributed by atoms with Crippen molar-refractivity contribution in [2.45, 2.75) is 30.6 Å². The lowest BCUT2D eigenvalue weighted by Gasteiger charge is -2.42. The molecule has 0 saturated carbocycles. The number of rotatable bonds is 5. The zero-order valence-electron chi connectivity index (χ0n) is 19.2. The molecule has 0 aliphatic carbocycles. The first kappa shape index (κ1) is 24.2. The number of fused-ring (bicyclic) bond motifs is 1. The quantitative estimate of drug-likeness (QED) is 0.247. The fraction of sp³-hybridized carbons (Fsp3) is 0.261. The highest BCUT2D eigenvalue weighted by atomic mass is 19.2. The van der Waals surface area contributed by atoms with Crippen molar-refractivity contribution in [3.05, 3.63) is 66.4 Å². The molecular formula is C23H19F3N8O4. The Morgan fingerprint density at radius 2 is 1.76 bits per heavy atom. The number of aromatic amines is 1. The van der Waals surface area contributed by atoms with Crippen LogP contribution in [0, 0.1) is 17.5 Å². The minimum absolute atomic E-state index is 0.0416. The van der Waals surface area contributed by atoms with E-state index < -0.39 is 54.6 Å². The van der Waals surface area contributed by atoms with Crippen LogP contribution in [-0.4, -0.2) is 80.4 Å². The predicted molar refractivity (Wildman–Crippen MR) is 122 cm³/mol. The highest BCUT2D eigenvalue weighted by molar-refractivity contribution is 5.83. The third-order valence-electron chi connectivity index (χ3n) is 6.52. The molecule has 15 heteroatoms. The molecule has 0 bridgehead atoms. The number of hydrogen-bond acceptors (Lipinski definition) is 9. The average molecular weight is 528 g/mol. The van der Waals surface area contributed by atoms with Crippen LogP contribution in [0.5, 0.6) is 0 Å². The van der Waals surface area contributed by atoms with E-state index in [2.05, 4.69) is 30.8 Å². The molecule has 1 saturated heterocycles. The van der Waals surface area contributed by atoms with E-state index in [0.29, 0.717) is 11.3 Å². The van der Waals surface area contributed by atoms with Crippen molar-refractivity contribution in [2.24, 2.45) is 0 Å². The lowest BCUT2D eigenvalue weighted by Crippen LogP contribution is -2.54. The van der Waals surface area contributed by atoms with Gasteiger partial charge in [-0.2, -0.15) is 5.10 Å². The summed E-state index contributed by atoms with van der Waals surface area (Å²) in [6, 6.07) is 5.73. The normalized spacial score (nSPS) is 23.8. The number of benzene rings is 2. The number of aliphatic hydroxyl groups is 3. The van der Waals surface area contributed by atoms with Crippen molar-refractivity contribution in [1.29, 1.82) is 0 Å². The van der Waals surface area contributed by atoms with E-state index in [0.717, 1.165) is 27.7 Å². The predicted octanol–water partition coefficient (Wildman–Crippen LogP) is 1.35. The maximum absolute atomic E-state index is 13.7. The van der Waals surface area contributed by atoms with Gasteiger partial charge in [0.25, 0.3) is 0 Å². The molecule has 2 aromatic carbocycles.